The fraction of sp³-hybridized carbons (Fsp3) is 0.267. The van der Waals surface area contributed by atoms with Crippen LogP contribution in [0.25, 0.3) is 5.78 Å². The van der Waals surface area contributed by atoms with E-state index in [0.29, 0.717) is 18.1 Å². The van der Waals surface area contributed by atoms with Crippen LogP contribution in [-0.4, -0.2) is 19.2 Å². The molecule has 3 rings (SSSR count). The third-order valence-corrected chi connectivity index (χ3v) is 3.36. The van der Waals surface area contributed by atoms with Crippen LogP contribution >= 0.6 is 0 Å². The van der Waals surface area contributed by atoms with E-state index in [1.807, 2.05) is 51.1 Å². The standard InChI is InChI=1S/C15H17N5O/c1-4-19-15(21)20-11(3)9-13(17-14(20)18-19)16-12-7-5-10(2)6-8-12/h5-9H,4H2,1-3H3,(H,16,17,18). The SMILES string of the molecule is CCn1nc2nc(Nc3ccc(C)cc3)cc(C)n2c1=O. The lowest BCUT2D eigenvalue weighted by molar-refractivity contribution is 0.632. The molecular formula is C15H17N5O. The Morgan fingerprint density at radius 1 is 1.19 bits per heavy atom. The van der Waals surface area contributed by atoms with Crippen molar-refractivity contribution in [2.45, 2.75) is 27.3 Å². The molecule has 6 nitrogen and oxygen atoms in total. The van der Waals surface area contributed by atoms with Crippen LogP contribution in [0.5, 0.6) is 0 Å². The second kappa shape index (κ2) is 5.05. The highest BCUT2D eigenvalue weighted by molar-refractivity contribution is 5.58. The molecule has 0 aliphatic carbocycles. The summed E-state index contributed by atoms with van der Waals surface area (Å²) in [7, 11) is 0. The van der Waals surface area contributed by atoms with E-state index in [-0.39, 0.29) is 5.69 Å². The molecule has 1 aromatic carbocycles. The molecule has 0 radical (unpaired) electrons. The van der Waals surface area contributed by atoms with Gasteiger partial charge in [0.25, 0.3) is 5.78 Å². The predicted molar refractivity (Wildman–Crippen MR) is 82.1 cm³/mol. The molecule has 1 N–H and O–H groups in total. The van der Waals surface area contributed by atoms with Crippen LogP contribution < -0.4 is 11.0 Å². The lowest BCUT2D eigenvalue weighted by Crippen LogP contribution is -2.21. The van der Waals surface area contributed by atoms with Crippen molar-refractivity contribution >= 4 is 17.3 Å². The predicted octanol–water partition coefficient (Wildman–Crippen LogP) is 2.27. The number of nitrogens with zero attached hydrogens (tertiary/aromatic N) is 4. The molecule has 0 atom stereocenters. The topological polar surface area (TPSA) is 64.2 Å². The minimum Gasteiger partial charge on any atom is -0.340 e. The second-order valence-corrected chi connectivity index (χ2v) is 5.01. The number of anilines is 2. The van der Waals surface area contributed by atoms with Crippen molar-refractivity contribution in [3.8, 4) is 0 Å². The van der Waals surface area contributed by atoms with E-state index in [4.69, 9.17) is 0 Å². The minimum absolute atomic E-state index is 0.153. The number of fused-ring (bicyclic) bond motifs is 1. The zero-order valence-corrected chi connectivity index (χ0v) is 12.3. The Balaban J connectivity index is 2.04. The van der Waals surface area contributed by atoms with Crippen molar-refractivity contribution in [1.29, 1.82) is 0 Å². The molecule has 0 aliphatic heterocycles. The molecule has 0 saturated carbocycles. The fourth-order valence-corrected chi connectivity index (χ4v) is 2.23. The van der Waals surface area contributed by atoms with E-state index >= 15 is 0 Å². The summed E-state index contributed by atoms with van der Waals surface area (Å²) in [4.78, 5) is 16.5. The zero-order valence-electron chi connectivity index (χ0n) is 12.3. The quantitative estimate of drug-likeness (QED) is 0.801. The smallest absolute Gasteiger partial charge is 0.340 e. The molecule has 0 fully saturated rings. The Hall–Kier alpha value is -2.63. The summed E-state index contributed by atoms with van der Waals surface area (Å²) < 4.78 is 2.93. The van der Waals surface area contributed by atoms with E-state index in [0.717, 1.165) is 11.4 Å². The molecule has 2 heterocycles. The Kier molecular flexibility index (Phi) is 3.21. The summed E-state index contributed by atoms with van der Waals surface area (Å²) >= 11 is 0. The molecule has 0 spiro atoms. The van der Waals surface area contributed by atoms with Crippen LogP contribution in [0.4, 0.5) is 11.5 Å². The van der Waals surface area contributed by atoms with E-state index in [9.17, 15) is 4.79 Å². The van der Waals surface area contributed by atoms with Crippen LogP contribution in [0.15, 0.2) is 35.1 Å². The highest BCUT2D eigenvalue weighted by Crippen LogP contribution is 2.16. The van der Waals surface area contributed by atoms with E-state index < -0.39 is 0 Å². The number of rotatable bonds is 3. The maximum absolute atomic E-state index is 12.1. The van der Waals surface area contributed by atoms with Gasteiger partial charge >= 0.3 is 5.69 Å². The molecule has 0 amide bonds. The van der Waals surface area contributed by atoms with Crippen molar-refractivity contribution in [2.75, 3.05) is 5.32 Å². The van der Waals surface area contributed by atoms with Crippen molar-refractivity contribution in [1.82, 2.24) is 19.2 Å². The number of aryl methyl sites for hydroxylation is 3. The molecule has 3 aromatic rings. The Morgan fingerprint density at radius 2 is 1.90 bits per heavy atom. The van der Waals surface area contributed by atoms with Gasteiger partial charge in [-0.15, -0.1) is 5.10 Å². The summed E-state index contributed by atoms with van der Waals surface area (Å²) in [6.45, 7) is 6.33. The van der Waals surface area contributed by atoms with Gasteiger partial charge in [0.1, 0.15) is 5.82 Å². The Morgan fingerprint density at radius 3 is 2.57 bits per heavy atom. The van der Waals surface area contributed by atoms with E-state index in [1.165, 1.54) is 14.6 Å². The molecule has 0 aliphatic rings. The highest BCUT2D eigenvalue weighted by atomic mass is 16.2. The first kappa shape index (κ1) is 13.4. The Labute approximate surface area is 122 Å². The van der Waals surface area contributed by atoms with Crippen LogP contribution in [-0.2, 0) is 6.54 Å². The lowest BCUT2D eigenvalue weighted by Gasteiger charge is -2.07. The van der Waals surface area contributed by atoms with Gasteiger partial charge in [-0.2, -0.15) is 4.98 Å². The van der Waals surface area contributed by atoms with Crippen LogP contribution in [0.2, 0.25) is 0 Å². The normalized spacial score (nSPS) is 11.0. The zero-order chi connectivity index (χ0) is 15.0. The highest BCUT2D eigenvalue weighted by Gasteiger charge is 2.10. The fourth-order valence-electron chi connectivity index (χ4n) is 2.23. The van der Waals surface area contributed by atoms with Crippen molar-refractivity contribution in [3.63, 3.8) is 0 Å². The van der Waals surface area contributed by atoms with Gasteiger partial charge in [0.2, 0.25) is 0 Å². The second-order valence-electron chi connectivity index (χ2n) is 5.01. The van der Waals surface area contributed by atoms with Gasteiger partial charge in [-0.1, -0.05) is 17.7 Å². The summed E-state index contributed by atoms with van der Waals surface area (Å²) in [6, 6.07) is 9.89. The van der Waals surface area contributed by atoms with Gasteiger partial charge in [-0.25, -0.2) is 13.9 Å². The molecule has 21 heavy (non-hydrogen) atoms. The van der Waals surface area contributed by atoms with Gasteiger partial charge in [0, 0.05) is 24.0 Å². The average Bonchev–Trinajstić information content (AvgIpc) is 2.78. The first-order chi connectivity index (χ1) is 10.1. The number of nitrogens with one attached hydrogen (secondary N) is 1. The maximum atomic E-state index is 12.1. The van der Waals surface area contributed by atoms with Crippen LogP contribution in [0.3, 0.4) is 0 Å². The van der Waals surface area contributed by atoms with Gasteiger partial charge in [-0.3, -0.25) is 0 Å². The molecular weight excluding hydrogens is 266 g/mol. The summed E-state index contributed by atoms with van der Waals surface area (Å²) in [6.07, 6.45) is 0. The van der Waals surface area contributed by atoms with Gasteiger partial charge in [0.05, 0.1) is 0 Å². The van der Waals surface area contributed by atoms with E-state index in [1.54, 1.807) is 0 Å². The number of aromatic nitrogens is 4. The molecule has 108 valence electrons. The number of hydrogen-bond donors (Lipinski definition) is 1. The monoisotopic (exact) mass is 283 g/mol. The van der Waals surface area contributed by atoms with Crippen molar-refractivity contribution in [2.24, 2.45) is 0 Å². The van der Waals surface area contributed by atoms with Crippen molar-refractivity contribution < 1.29 is 0 Å². The average molecular weight is 283 g/mol. The third kappa shape index (κ3) is 2.40. The first-order valence-corrected chi connectivity index (χ1v) is 6.89. The summed E-state index contributed by atoms with van der Waals surface area (Å²) in [5.41, 5.74) is 2.81. The van der Waals surface area contributed by atoms with Crippen molar-refractivity contribution in [3.05, 3.63) is 52.1 Å². The molecule has 2 aromatic heterocycles. The molecule has 6 heteroatoms. The summed E-state index contributed by atoms with van der Waals surface area (Å²) in [5, 5.41) is 7.46. The van der Waals surface area contributed by atoms with Gasteiger partial charge in [0.15, 0.2) is 0 Å². The van der Waals surface area contributed by atoms with Crippen LogP contribution in [0.1, 0.15) is 18.2 Å². The molecule has 0 saturated heterocycles. The third-order valence-electron chi connectivity index (χ3n) is 3.36. The number of benzene rings is 1. The largest absolute Gasteiger partial charge is 0.351 e. The minimum atomic E-state index is -0.153. The van der Waals surface area contributed by atoms with Crippen LogP contribution in [0, 0.1) is 13.8 Å². The molecule has 0 bridgehead atoms. The van der Waals surface area contributed by atoms with Gasteiger partial charge in [-0.05, 0) is 32.9 Å². The lowest BCUT2D eigenvalue weighted by atomic mass is 10.2. The van der Waals surface area contributed by atoms with E-state index in [2.05, 4.69) is 15.4 Å². The number of hydrogen-bond acceptors (Lipinski definition) is 4. The Bertz CT molecular complexity index is 845. The molecule has 0 unspecified atom stereocenters. The maximum Gasteiger partial charge on any atom is 0.351 e. The summed E-state index contributed by atoms with van der Waals surface area (Å²) in [5.74, 6) is 1.09. The first-order valence-electron chi connectivity index (χ1n) is 6.89. The van der Waals surface area contributed by atoms with Gasteiger partial charge < -0.3 is 5.32 Å².